The molecule has 0 saturated carbocycles. The largest absolute Gasteiger partial charge is 0.491 e. The predicted molar refractivity (Wildman–Crippen MR) is 70.9 cm³/mol. The Bertz CT molecular complexity index is 388. The maximum Gasteiger partial charge on any atom is 0.330 e. The second-order valence-corrected chi connectivity index (χ2v) is 4.35. The van der Waals surface area contributed by atoms with Crippen molar-refractivity contribution in [2.75, 3.05) is 19.5 Å². The van der Waals surface area contributed by atoms with Crippen LogP contribution in [0.2, 0.25) is 0 Å². The smallest absolute Gasteiger partial charge is 0.330 e. The molecule has 0 saturated heterocycles. The van der Waals surface area contributed by atoms with Gasteiger partial charge in [0.1, 0.15) is 25.1 Å². The van der Waals surface area contributed by atoms with Crippen LogP contribution >= 0.6 is 11.8 Å². The molecule has 1 aromatic carbocycles. The number of hydrogen-bond donors (Lipinski definition) is 1. The Hall–Kier alpha value is -1.46. The van der Waals surface area contributed by atoms with Gasteiger partial charge in [-0.05, 0) is 30.5 Å². The van der Waals surface area contributed by atoms with Gasteiger partial charge in [-0.2, -0.15) is 0 Å². The molecule has 98 valence electrons. The molecule has 5 heteroatoms. The zero-order chi connectivity index (χ0) is 13.4. The molecular formula is C13H16O4S. The molecule has 0 amide bonds. The van der Waals surface area contributed by atoms with Gasteiger partial charge in [0.05, 0.1) is 0 Å². The molecule has 4 nitrogen and oxygen atoms in total. The molecule has 0 fully saturated rings. The van der Waals surface area contributed by atoms with E-state index in [-0.39, 0.29) is 13.2 Å². The molecule has 0 aliphatic rings. The number of carbonyl (C=O) groups is 1. The highest BCUT2D eigenvalue weighted by molar-refractivity contribution is 7.98. The van der Waals surface area contributed by atoms with Crippen LogP contribution < -0.4 is 4.74 Å². The summed E-state index contributed by atoms with van der Waals surface area (Å²) in [5, 5.41) is 9.52. The van der Waals surface area contributed by atoms with Gasteiger partial charge in [0.25, 0.3) is 0 Å². The van der Waals surface area contributed by atoms with Crippen LogP contribution in [0, 0.1) is 0 Å². The van der Waals surface area contributed by atoms with E-state index in [9.17, 15) is 9.90 Å². The van der Waals surface area contributed by atoms with Crippen LogP contribution in [0.1, 0.15) is 0 Å². The monoisotopic (exact) mass is 268 g/mol. The predicted octanol–water partition coefficient (Wildman–Crippen LogP) is 1.88. The fraction of sp³-hybridized carbons (Fsp3) is 0.308. The summed E-state index contributed by atoms with van der Waals surface area (Å²) in [5.74, 6) is 0.111. The fourth-order valence-corrected chi connectivity index (χ4v) is 1.56. The van der Waals surface area contributed by atoms with E-state index in [0.29, 0.717) is 5.75 Å². The van der Waals surface area contributed by atoms with E-state index < -0.39 is 12.1 Å². The lowest BCUT2D eigenvalue weighted by molar-refractivity contribution is -0.141. The minimum atomic E-state index is -0.853. The Morgan fingerprint density at radius 1 is 1.44 bits per heavy atom. The van der Waals surface area contributed by atoms with Gasteiger partial charge in [-0.15, -0.1) is 11.8 Å². The molecule has 1 atom stereocenters. The summed E-state index contributed by atoms with van der Waals surface area (Å²) in [6.07, 6.45) is 2.19. The van der Waals surface area contributed by atoms with Crippen molar-refractivity contribution >= 4 is 17.7 Å². The number of carbonyl (C=O) groups excluding carboxylic acids is 1. The Morgan fingerprint density at radius 2 is 2.11 bits per heavy atom. The van der Waals surface area contributed by atoms with Gasteiger partial charge in [-0.1, -0.05) is 6.58 Å². The molecule has 0 aliphatic carbocycles. The molecular weight excluding hydrogens is 252 g/mol. The van der Waals surface area contributed by atoms with Crippen LogP contribution in [0.4, 0.5) is 0 Å². The van der Waals surface area contributed by atoms with Crippen molar-refractivity contribution in [2.45, 2.75) is 11.0 Å². The zero-order valence-electron chi connectivity index (χ0n) is 10.2. The minimum absolute atomic E-state index is 0.0725. The van der Waals surface area contributed by atoms with Crippen molar-refractivity contribution in [1.29, 1.82) is 0 Å². The Balaban J connectivity index is 2.30. The van der Waals surface area contributed by atoms with Crippen LogP contribution in [0.25, 0.3) is 0 Å². The van der Waals surface area contributed by atoms with E-state index in [1.807, 2.05) is 30.5 Å². The fourth-order valence-electron chi connectivity index (χ4n) is 1.15. The first kappa shape index (κ1) is 14.6. The lowest BCUT2D eigenvalue weighted by atomic mass is 10.3. The van der Waals surface area contributed by atoms with Gasteiger partial charge in [-0.25, -0.2) is 4.79 Å². The number of aliphatic hydroxyl groups excluding tert-OH is 1. The van der Waals surface area contributed by atoms with Crippen LogP contribution in [0.5, 0.6) is 5.75 Å². The highest BCUT2D eigenvalue weighted by Gasteiger charge is 2.07. The van der Waals surface area contributed by atoms with E-state index in [1.165, 1.54) is 0 Å². The van der Waals surface area contributed by atoms with Crippen molar-refractivity contribution in [3.8, 4) is 5.75 Å². The van der Waals surface area contributed by atoms with E-state index in [1.54, 1.807) is 11.8 Å². The zero-order valence-corrected chi connectivity index (χ0v) is 11.0. The first-order chi connectivity index (χ1) is 8.65. The van der Waals surface area contributed by atoms with Gasteiger partial charge in [0.15, 0.2) is 0 Å². The summed E-state index contributed by atoms with van der Waals surface area (Å²) in [4.78, 5) is 11.9. The van der Waals surface area contributed by atoms with E-state index in [0.717, 1.165) is 11.0 Å². The average Bonchev–Trinajstić information content (AvgIpc) is 2.42. The molecule has 0 bridgehead atoms. The first-order valence-electron chi connectivity index (χ1n) is 5.40. The molecule has 18 heavy (non-hydrogen) atoms. The van der Waals surface area contributed by atoms with Gasteiger partial charge in [0.2, 0.25) is 0 Å². The van der Waals surface area contributed by atoms with Crippen molar-refractivity contribution < 1.29 is 19.4 Å². The van der Waals surface area contributed by atoms with Crippen LogP contribution in [-0.2, 0) is 9.53 Å². The topological polar surface area (TPSA) is 55.8 Å². The third-order valence-electron chi connectivity index (χ3n) is 2.09. The van der Waals surface area contributed by atoms with Crippen molar-refractivity contribution in [1.82, 2.24) is 0 Å². The Labute approximate surface area is 111 Å². The first-order valence-corrected chi connectivity index (χ1v) is 6.62. The average molecular weight is 268 g/mol. The number of thioether (sulfide) groups is 1. The normalized spacial score (nSPS) is 11.7. The summed E-state index contributed by atoms with van der Waals surface area (Å²) in [7, 11) is 0. The molecule has 0 radical (unpaired) electrons. The quantitative estimate of drug-likeness (QED) is 0.465. The number of esters is 1. The SMILES string of the molecule is C=CC(=O)OC[C@@H](O)COc1ccc(SC)cc1. The lowest BCUT2D eigenvalue weighted by Gasteiger charge is -2.12. The van der Waals surface area contributed by atoms with Crippen molar-refractivity contribution in [3.63, 3.8) is 0 Å². The molecule has 1 aromatic rings. The third-order valence-corrected chi connectivity index (χ3v) is 2.83. The molecule has 0 spiro atoms. The van der Waals surface area contributed by atoms with Crippen LogP contribution in [0.3, 0.4) is 0 Å². The summed E-state index contributed by atoms with van der Waals surface area (Å²) in [5.41, 5.74) is 0. The van der Waals surface area contributed by atoms with E-state index >= 15 is 0 Å². The van der Waals surface area contributed by atoms with Crippen molar-refractivity contribution in [2.24, 2.45) is 0 Å². The van der Waals surface area contributed by atoms with Gasteiger partial charge in [-0.3, -0.25) is 0 Å². The van der Waals surface area contributed by atoms with Gasteiger partial charge >= 0.3 is 5.97 Å². The lowest BCUT2D eigenvalue weighted by Crippen LogP contribution is -2.24. The molecule has 0 aromatic heterocycles. The Morgan fingerprint density at radius 3 is 2.67 bits per heavy atom. The number of aliphatic hydroxyl groups is 1. The van der Waals surface area contributed by atoms with E-state index in [4.69, 9.17) is 4.74 Å². The summed E-state index contributed by atoms with van der Waals surface area (Å²) < 4.78 is 10.0. The third kappa shape index (κ3) is 5.25. The van der Waals surface area contributed by atoms with Crippen LogP contribution in [0.15, 0.2) is 41.8 Å². The standard InChI is InChI=1S/C13H16O4S/c1-3-13(15)17-9-10(14)8-16-11-4-6-12(18-2)7-5-11/h3-7,10,14H,1,8-9H2,2H3/t10-/m0/s1. The molecule has 1 N–H and O–H groups in total. The number of rotatable bonds is 7. The summed E-state index contributed by atoms with van der Waals surface area (Å²) in [6.45, 7) is 3.23. The van der Waals surface area contributed by atoms with Gasteiger partial charge in [0, 0.05) is 11.0 Å². The second-order valence-electron chi connectivity index (χ2n) is 3.47. The van der Waals surface area contributed by atoms with Gasteiger partial charge < -0.3 is 14.6 Å². The maximum absolute atomic E-state index is 10.8. The molecule has 0 aliphatic heterocycles. The number of benzene rings is 1. The molecule has 0 heterocycles. The van der Waals surface area contributed by atoms with Crippen LogP contribution in [-0.4, -0.2) is 36.6 Å². The number of ether oxygens (including phenoxy) is 2. The second kappa shape index (κ2) is 7.79. The highest BCUT2D eigenvalue weighted by atomic mass is 32.2. The Kier molecular flexibility index (Phi) is 6.32. The summed E-state index contributed by atoms with van der Waals surface area (Å²) in [6, 6.07) is 7.52. The number of hydrogen-bond acceptors (Lipinski definition) is 5. The van der Waals surface area contributed by atoms with E-state index in [2.05, 4.69) is 11.3 Å². The molecule has 1 rings (SSSR count). The molecule has 0 unspecified atom stereocenters. The minimum Gasteiger partial charge on any atom is -0.491 e. The summed E-state index contributed by atoms with van der Waals surface area (Å²) >= 11 is 1.64. The highest BCUT2D eigenvalue weighted by Crippen LogP contribution is 2.18. The van der Waals surface area contributed by atoms with Crippen molar-refractivity contribution in [3.05, 3.63) is 36.9 Å². The maximum atomic E-state index is 10.8.